The third-order valence-electron chi connectivity index (χ3n) is 14.2. The van der Waals surface area contributed by atoms with Crippen LogP contribution in [0.2, 0.25) is 0 Å². The molecular formula is C55H109NO11S. The van der Waals surface area contributed by atoms with Gasteiger partial charge in [-0.25, -0.2) is 4.18 Å². The first-order valence-electron chi connectivity index (χ1n) is 28.9. The third kappa shape index (κ3) is 37.8. The van der Waals surface area contributed by atoms with Gasteiger partial charge in [-0.15, -0.1) is 0 Å². The number of rotatable bonds is 51. The number of carbonyl (C=O) groups excluding carboxylic acids is 1. The van der Waals surface area contributed by atoms with Gasteiger partial charge in [0.25, 0.3) is 0 Å². The second kappa shape index (κ2) is 45.9. The van der Waals surface area contributed by atoms with Crippen LogP contribution in [0.4, 0.5) is 0 Å². The van der Waals surface area contributed by atoms with E-state index in [1.807, 2.05) is 0 Å². The molecule has 0 aromatic rings. The minimum atomic E-state index is -5.08. The summed E-state index contributed by atoms with van der Waals surface area (Å²) in [5.41, 5.74) is 0. The number of hydrogen-bond acceptors (Lipinski definition) is 10. The lowest BCUT2D eigenvalue weighted by molar-refractivity contribution is -0.298. The summed E-state index contributed by atoms with van der Waals surface area (Å²) in [6.45, 7) is 3.49. The fourth-order valence-electron chi connectivity index (χ4n) is 9.70. The molecule has 12 nitrogen and oxygen atoms in total. The van der Waals surface area contributed by atoms with Crippen LogP contribution >= 0.6 is 0 Å². The van der Waals surface area contributed by atoms with Crippen molar-refractivity contribution in [2.24, 2.45) is 0 Å². The molecule has 68 heavy (non-hydrogen) atoms. The number of hydrogen-bond donors (Lipinski definition) is 6. The largest absolute Gasteiger partial charge is 0.397 e. The van der Waals surface area contributed by atoms with E-state index in [2.05, 4.69) is 23.3 Å². The average Bonchev–Trinajstić information content (AvgIpc) is 3.31. The summed E-state index contributed by atoms with van der Waals surface area (Å²) in [5, 5.41) is 45.0. The van der Waals surface area contributed by atoms with E-state index in [0.717, 1.165) is 51.4 Å². The van der Waals surface area contributed by atoms with Crippen LogP contribution in [-0.4, -0.2) is 95.4 Å². The predicted octanol–water partition coefficient (Wildman–Crippen LogP) is 13.3. The zero-order valence-electron chi connectivity index (χ0n) is 44.0. The van der Waals surface area contributed by atoms with Gasteiger partial charge in [0.2, 0.25) is 5.91 Å². The molecule has 7 atom stereocenters. The number of carbonyl (C=O) groups is 1. The van der Waals surface area contributed by atoms with Crippen molar-refractivity contribution in [3.8, 4) is 0 Å². The van der Waals surface area contributed by atoms with E-state index in [1.54, 1.807) is 0 Å². The Hall–Kier alpha value is -0.900. The Bertz CT molecular complexity index is 1210. The number of nitrogens with one attached hydrogen (secondary N) is 1. The minimum Gasteiger partial charge on any atom is -0.394 e. The Labute approximate surface area is 418 Å². The first-order chi connectivity index (χ1) is 33.0. The van der Waals surface area contributed by atoms with Crippen LogP contribution < -0.4 is 5.32 Å². The predicted molar refractivity (Wildman–Crippen MR) is 278 cm³/mol. The minimum absolute atomic E-state index is 0.223. The summed E-state index contributed by atoms with van der Waals surface area (Å²) in [6.07, 6.45) is 44.1. The van der Waals surface area contributed by atoms with Crippen LogP contribution in [0.25, 0.3) is 0 Å². The molecule has 1 rings (SSSR count). The van der Waals surface area contributed by atoms with Gasteiger partial charge in [0, 0.05) is 6.42 Å². The number of aliphatic hydroxyl groups is 4. The van der Waals surface area contributed by atoms with Gasteiger partial charge in [-0.3, -0.25) is 9.35 Å². The molecule has 0 aliphatic carbocycles. The molecule has 1 aliphatic heterocycles. The monoisotopic (exact) mass is 992 g/mol. The van der Waals surface area contributed by atoms with Crippen molar-refractivity contribution in [3.05, 3.63) is 0 Å². The molecule has 1 fully saturated rings. The molecule has 0 aromatic heterocycles. The molecule has 0 saturated carbocycles. The van der Waals surface area contributed by atoms with Crippen LogP contribution in [0.15, 0.2) is 0 Å². The second-order valence-electron chi connectivity index (χ2n) is 20.6. The molecule has 13 heteroatoms. The van der Waals surface area contributed by atoms with Crippen molar-refractivity contribution in [2.45, 2.75) is 333 Å². The lowest BCUT2D eigenvalue weighted by atomic mass is 9.99. The van der Waals surface area contributed by atoms with E-state index in [1.165, 1.54) is 212 Å². The highest BCUT2D eigenvalue weighted by atomic mass is 32.3. The number of amides is 1. The summed E-state index contributed by atoms with van der Waals surface area (Å²) >= 11 is 0. The first kappa shape index (κ1) is 65.1. The van der Waals surface area contributed by atoms with E-state index in [9.17, 15) is 38.2 Å². The second-order valence-corrected chi connectivity index (χ2v) is 21.6. The molecule has 1 amide bonds. The van der Waals surface area contributed by atoms with Crippen LogP contribution in [0.1, 0.15) is 290 Å². The van der Waals surface area contributed by atoms with Crippen LogP contribution in [0.5, 0.6) is 0 Å². The first-order valence-corrected chi connectivity index (χ1v) is 30.3. The summed E-state index contributed by atoms with van der Waals surface area (Å²) < 4.78 is 47.8. The summed E-state index contributed by atoms with van der Waals surface area (Å²) in [4.78, 5) is 13.1. The van der Waals surface area contributed by atoms with Crippen molar-refractivity contribution < 1.29 is 51.8 Å². The summed E-state index contributed by atoms with van der Waals surface area (Å²) in [7, 11) is -5.08. The summed E-state index contributed by atoms with van der Waals surface area (Å²) in [5.74, 6) is -0.223. The SMILES string of the molecule is CCCCCCCCCCCCCCCCCCCCCCCCCCCCCCC(=O)NC(COC1OC(CO)C(O)C(OS(=O)(=O)O)C1O)C(O)CCCCCCCCCCCCCCC. The van der Waals surface area contributed by atoms with Crippen molar-refractivity contribution in [2.75, 3.05) is 13.2 Å². The van der Waals surface area contributed by atoms with Gasteiger partial charge in [-0.1, -0.05) is 271 Å². The van der Waals surface area contributed by atoms with Gasteiger partial charge in [-0.05, 0) is 12.8 Å². The smallest absolute Gasteiger partial charge is 0.394 e. The quantitative estimate of drug-likeness (QED) is 0.0251. The fraction of sp³-hybridized carbons (Fsp3) is 0.982. The highest BCUT2D eigenvalue weighted by molar-refractivity contribution is 7.80. The molecule has 406 valence electrons. The van der Waals surface area contributed by atoms with Gasteiger partial charge < -0.3 is 35.2 Å². The molecule has 0 radical (unpaired) electrons. The Kier molecular flexibility index (Phi) is 44.0. The molecule has 6 N–H and O–H groups in total. The Morgan fingerprint density at radius 2 is 0.853 bits per heavy atom. The molecular weight excluding hydrogens is 883 g/mol. The topological polar surface area (TPSA) is 192 Å². The lowest BCUT2D eigenvalue weighted by Crippen LogP contribution is -2.61. The highest BCUT2D eigenvalue weighted by Gasteiger charge is 2.48. The van der Waals surface area contributed by atoms with Crippen molar-refractivity contribution in [3.63, 3.8) is 0 Å². The zero-order valence-corrected chi connectivity index (χ0v) is 44.8. The van der Waals surface area contributed by atoms with Gasteiger partial charge in [0.15, 0.2) is 6.29 Å². The van der Waals surface area contributed by atoms with Gasteiger partial charge in [-0.2, -0.15) is 8.42 Å². The zero-order chi connectivity index (χ0) is 49.8. The van der Waals surface area contributed by atoms with Crippen LogP contribution in [-0.2, 0) is 28.9 Å². The Morgan fingerprint density at radius 1 is 0.529 bits per heavy atom. The third-order valence-corrected chi connectivity index (χ3v) is 14.6. The molecule has 1 saturated heterocycles. The molecule has 0 bridgehead atoms. The van der Waals surface area contributed by atoms with E-state index in [0.29, 0.717) is 12.8 Å². The van der Waals surface area contributed by atoms with E-state index in [-0.39, 0.29) is 12.5 Å². The van der Waals surface area contributed by atoms with Crippen LogP contribution in [0.3, 0.4) is 0 Å². The maximum Gasteiger partial charge on any atom is 0.397 e. The maximum atomic E-state index is 13.1. The number of aliphatic hydroxyl groups excluding tert-OH is 4. The molecule has 0 aromatic carbocycles. The average molecular weight is 993 g/mol. The summed E-state index contributed by atoms with van der Waals surface area (Å²) in [6, 6.07) is -0.852. The number of ether oxygens (including phenoxy) is 2. The van der Waals surface area contributed by atoms with Gasteiger partial charge in [0.1, 0.15) is 24.4 Å². The van der Waals surface area contributed by atoms with E-state index >= 15 is 0 Å². The maximum absolute atomic E-state index is 13.1. The van der Waals surface area contributed by atoms with E-state index in [4.69, 9.17) is 9.47 Å². The Balaban J connectivity index is 2.26. The molecule has 1 heterocycles. The molecule has 7 unspecified atom stereocenters. The van der Waals surface area contributed by atoms with Crippen LogP contribution in [0, 0.1) is 0 Å². The van der Waals surface area contributed by atoms with Gasteiger partial charge in [0.05, 0.1) is 25.4 Å². The fourth-order valence-corrected chi connectivity index (χ4v) is 10.2. The lowest BCUT2D eigenvalue weighted by Gasteiger charge is -2.41. The molecule has 1 aliphatic rings. The molecule has 0 spiro atoms. The van der Waals surface area contributed by atoms with E-state index < -0.39 is 59.9 Å². The van der Waals surface area contributed by atoms with Gasteiger partial charge >= 0.3 is 10.4 Å². The number of unbranched alkanes of at least 4 members (excludes halogenated alkanes) is 39. The van der Waals surface area contributed by atoms with Crippen molar-refractivity contribution in [1.29, 1.82) is 0 Å². The normalized spacial score (nSPS) is 19.7. The van der Waals surface area contributed by atoms with Crippen molar-refractivity contribution in [1.82, 2.24) is 5.32 Å². The standard InChI is InChI=1S/C55H109NO11S/c1-3-5-7-9-11-13-15-17-18-19-20-21-22-23-24-25-26-27-28-29-30-31-33-35-37-39-41-43-45-51(59)56-48(49(58)44-42-40-38-36-34-32-16-14-12-10-8-6-4-2)47-65-55-53(61)54(67-68(62,63)64)52(60)50(46-57)66-55/h48-50,52-55,57-58,60-61H,3-47H2,1-2H3,(H,56,59)(H,62,63,64). The Morgan fingerprint density at radius 3 is 1.18 bits per heavy atom. The van der Waals surface area contributed by atoms with Crippen molar-refractivity contribution >= 4 is 16.3 Å². The highest BCUT2D eigenvalue weighted by Crippen LogP contribution is 2.26.